The number of carbonyl (C=O) groups is 2. The first-order valence-electron chi connectivity index (χ1n) is 11.7. The molecule has 0 spiro atoms. The lowest BCUT2D eigenvalue weighted by Gasteiger charge is -2.29. The number of anilines is 3. The highest BCUT2D eigenvalue weighted by Gasteiger charge is 2.17. The van der Waals surface area contributed by atoms with Gasteiger partial charge in [-0.3, -0.25) is 9.59 Å². The maximum Gasteiger partial charge on any atom is 0.251 e. The van der Waals surface area contributed by atoms with E-state index in [-0.39, 0.29) is 11.9 Å². The Morgan fingerprint density at radius 1 is 1.11 bits per heavy atom. The minimum absolute atomic E-state index is 0.0478. The Morgan fingerprint density at radius 2 is 1.89 bits per heavy atom. The van der Waals surface area contributed by atoms with Crippen molar-refractivity contribution in [1.82, 2.24) is 20.6 Å². The van der Waals surface area contributed by atoms with Gasteiger partial charge in [-0.15, -0.1) is 0 Å². The molecular weight excluding hydrogens is 442 g/mol. The maximum absolute atomic E-state index is 12.6. The number of hydrogen-bond acceptors (Lipinski definition) is 7. The van der Waals surface area contributed by atoms with Crippen LogP contribution in [-0.2, 0) is 0 Å². The molecule has 2 aromatic heterocycles. The van der Waals surface area contributed by atoms with Crippen molar-refractivity contribution >= 4 is 29.1 Å². The highest BCUT2D eigenvalue weighted by Crippen LogP contribution is 2.27. The zero-order valence-electron chi connectivity index (χ0n) is 20.3. The van der Waals surface area contributed by atoms with E-state index in [0.717, 1.165) is 48.8 Å². The molecule has 35 heavy (non-hydrogen) atoms. The lowest BCUT2D eigenvalue weighted by Crippen LogP contribution is -2.44. The van der Waals surface area contributed by atoms with Gasteiger partial charge in [-0.25, -0.2) is 9.97 Å². The Labute approximate surface area is 205 Å². The van der Waals surface area contributed by atoms with E-state index in [1.165, 1.54) is 0 Å². The fraction of sp³-hybridized carbons (Fsp3) is 0.308. The Kier molecular flexibility index (Phi) is 7.26. The van der Waals surface area contributed by atoms with Gasteiger partial charge in [-0.2, -0.15) is 0 Å². The monoisotopic (exact) mass is 473 g/mol. The summed E-state index contributed by atoms with van der Waals surface area (Å²) in [6.07, 6.45) is 1.69. The summed E-state index contributed by atoms with van der Waals surface area (Å²) in [6.45, 7) is 9.08. The van der Waals surface area contributed by atoms with Gasteiger partial charge >= 0.3 is 0 Å². The number of carbonyl (C=O) groups excluding carboxylic acids is 2. The highest BCUT2D eigenvalue weighted by atomic mass is 16.2. The molecule has 0 bridgehead atoms. The second kappa shape index (κ2) is 10.5. The van der Waals surface area contributed by atoms with E-state index in [2.05, 4.69) is 25.8 Å². The van der Waals surface area contributed by atoms with Crippen molar-refractivity contribution < 1.29 is 9.59 Å². The first-order valence-corrected chi connectivity index (χ1v) is 11.7. The average Bonchev–Trinajstić information content (AvgIpc) is 2.85. The molecule has 4 rings (SSSR count). The molecule has 0 radical (unpaired) electrons. The van der Waals surface area contributed by atoms with Gasteiger partial charge in [-0.05, 0) is 62.7 Å². The lowest BCUT2D eigenvalue weighted by atomic mass is 10.1. The molecule has 1 saturated heterocycles. The number of hydrogen-bond donors (Lipinski definition) is 4. The van der Waals surface area contributed by atoms with Gasteiger partial charge in [0.2, 0.25) is 5.91 Å². The van der Waals surface area contributed by atoms with Crippen LogP contribution in [0.3, 0.4) is 0 Å². The van der Waals surface area contributed by atoms with Crippen LogP contribution in [0.5, 0.6) is 0 Å². The molecule has 0 saturated carbocycles. The number of benzene rings is 1. The van der Waals surface area contributed by atoms with Crippen molar-refractivity contribution in [3.8, 4) is 11.3 Å². The Hall–Kier alpha value is -3.98. The molecule has 5 N–H and O–H groups in total. The molecule has 182 valence electrons. The summed E-state index contributed by atoms with van der Waals surface area (Å²) >= 11 is 0. The third kappa shape index (κ3) is 5.75. The van der Waals surface area contributed by atoms with Crippen molar-refractivity contribution in [2.24, 2.45) is 5.73 Å². The summed E-state index contributed by atoms with van der Waals surface area (Å²) in [5.74, 6) is 0.714. The molecule has 2 amide bonds. The zero-order chi connectivity index (χ0) is 24.9. The van der Waals surface area contributed by atoms with Crippen molar-refractivity contribution in [1.29, 1.82) is 0 Å². The van der Waals surface area contributed by atoms with Crippen LogP contribution >= 0.6 is 0 Å². The van der Waals surface area contributed by atoms with Crippen LogP contribution in [-0.4, -0.2) is 54.0 Å². The molecule has 9 heteroatoms. The number of piperazine rings is 1. The molecule has 9 nitrogen and oxygen atoms in total. The number of amides is 2. The molecular formula is C26H31N7O2. The second-order valence-electron chi connectivity index (χ2n) is 8.86. The third-order valence-corrected chi connectivity index (χ3v) is 5.85. The molecule has 1 fully saturated rings. The third-order valence-electron chi connectivity index (χ3n) is 5.85. The average molecular weight is 474 g/mol. The van der Waals surface area contributed by atoms with E-state index in [0.29, 0.717) is 22.6 Å². The first kappa shape index (κ1) is 24.2. The number of nitrogens with one attached hydrogen (secondary N) is 3. The number of aromatic nitrogens is 2. The van der Waals surface area contributed by atoms with Crippen molar-refractivity contribution in [2.75, 3.05) is 36.4 Å². The minimum atomic E-state index is -0.496. The summed E-state index contributed by atoms with van der Waals surface area (Å²) in [7, 11) is 0. The number of nitrogens with two attached hydrogens (primary N) is 1. The van der Waals surface area contributed by atoms with Gasteiger partial charge in [0.25, 0.3) is 5.91 Å². The van der Waals surface area contributed by atoms with Crippen LogP contribution in [0.25, 0.3) is 11.3 Å². The number of nitrogens with zero attached hydrogens (tertiary/aromatic N) is 3. The summed E-state index contributed by atoms with van der Waals surface area (Å²) in [5, 5.41) is 9.57. The Bertz CT molecular complexity index is 1240. The minimum Gasteiger partial charge on any atom is -0.366 e. The van der Waals surface area contributed by atoms with E-state index < -0.39 is 5.91 Å². The van der Waals surface area contributed by atoms with Crippen LogP contribution in [0.4, 0.5) is 17.3 Å². The predicted molar refractivity (Wildman–Crippen MR) is 138 cm³/mol. The van der Waals surface area contributed by atoms with E-state index in [9.17, 15) is 9.59 Å². The zero-order valence-corrected chi connectivity index (χ0v) is 20.3. The summed E-state index contributed by atoms with van der Waals surface area (Å²) < 4.78 is 0. The van der Waals surface area contributed by atoms with Gasteiger partial charge < -0.3 is 26.6 Å². The highest BCUT2D eigenvalue weighted by molar-refractivity contribution is 5.97. The van der Waals surface area contributed by atoms with Gasteiger partial charge in [0, 0.05) is 60.8 Å². The second-order valence-corrected chi connectivity index (χ2v) is 8.86. The first-order chi connectivity index (χ1) is 16.8. The standard InChI is InChI=1S/C26H31N7O2/c1-16(2)30-26(35)20-5-4-6-21(17(20)3)31-23-14-18(7-8-29-23)22-13-19(25(27)34)15-24(32-22)33-11-9-28-10-12-33/h4-8,13-16,28H,9-12H2,1-3H3,(H2,27,34)(H,29,31)(H,30,35). The molecule has 0 aliphatic carbocycles. The van der Waals surface area contributed by atoms with Crippen LogP contribution < -0.4 is 26.6 Å². The molecule has 3 heterocycles. The van der Waals surface area contributed by atoms with Gasteiger partial charge in [0.15, 0.2) is 0 Å². The Morgan fingerprint density at radius 3 is 2.60 bits per heavy atom. The normalized spacial score (nSPS) is 13.5. The topological polar surface area (TPSA) is 125 Å². The molecule has 1 aromatic carbocycles. The molecule has 0 atom stereocenters. The van der Waals surface area contributed by atoms with E-state index in [4.69, 9.17) is 10.7 Å². The molecule has 3 aromatic rings. The van der Waals surface area contributed by atoms with Gasteiger partial charge in [-0.1, -0.05) is 6.07 Å². The molecule has 1 aliphatic rings. The van der Waals surface area contributed by atoms with Gasteiger partial charge in [0.1, 0.15) is 11.6 Å². The van der Waals surface area contributed by atoms with Crippen molar-refractivity contribution in [2.45, 2.75) is 26.8 Å². The van der Waals surface area contributed by atoms with E-state index >= 15 is 0 Å². The number of primary amides is 1. The Balaban J connectivity index is 1.64. The van der Waals surface area contributed by atoms with Crippen molar-refractivity contribution in [3.05, 3.63) is 65.4 Å². The van der Waals surface area contributed by atoms with Crippen LogP contribution in [0.2, 0.25) is 0 Å². The van der Waals surface area contributed by atoms with Crippen LogP contribution in [0, 0.1) is 6.92 Å². The van der Waals surface area contributed by atoms with Crippen LogP contribution in [0.15, 0.2) is 48.7 Å². The molecule has 0 unspecified atom stereocenters. The van der Waals surface area contributed by atoms with Crippen molar-refractivity contribution in [3.63, 3.8) is 0 Å². The summed E-state index contributed by atoms with van der Waals surface area (Å²) in [5.41, 5.74) is 9.69. The summed E-state index contributed by atoms with van der Waals surface area (Å²) in [6, 6.07) is 12.8. The SMILES string of the molecule is Cc1c(Nc2cc(-c3cc(C(N)=O)cc(N4CCNCC4)n3)ccn2)cccc1C(=O)NC(C)C. The van der Waals surface area contributed by atoms with E-state index in [1.54, 1.807) is 24.4 Å². The van der Waals surface area contributed by atoms with E-state index in [1.807, 2.05) is 45.0 Å². The smallest absolute Gasteiger partial charge is 0.251 e. The summed E-state index contributed by atoms with van der Waals surface area (Å²) in [4.78, 5) is 36.0. The van der Waals surface area contributed by atoms with Crippen LogP contribution in [0.1, 0.15) is 40.1 Å². The maximum atomic E-state index is 12.6. The predicted octanol–water partition coefficient (Wildman–Crippen LogP) is 2.84. The number of pyridine rings is 2. The number of rotatable bonds is 7. The lowest BCUT2D eigenvalue weighted by molar-refractivity contribution is 0.0941. The quantitative estimate of drug-likeness (QED) is 0.416. The fourth-order valence-corrected chi connectivity index (χ4v) is 4.02. The van der Waals surface area contributed by atoms with Gasteiger partial charge in [0.05, 0.1) is 5.69 Å². The molecule has 1 aliphatic heterocycles. The largest absolute Gasteiger partial charge is 0.366 e. The fourth-order valence-electron chi connectivity index (χ4n) is 4.02.